The van der Waals surface area contributed by atoms with E-state index in [-0.39, 0.29) is 5.91 Å². The second-order valence-corrected chi connectivity index (χ2v) is 7.03. The van der Waals surface area contributed by atoms with Gasteiger partial charge in [-0.3, -0.25) is 4.79 Å². The van der Waals surface area contributed by atoms with E-state index in [9.17, 15) is 4.79 Å². The summed E-state index contributed by atoms with van der Waals surface area (Å²) in [6.07, 6.45) is 3.59. The number of benzene rings is 2. The van der Waals surface area contributed by atoms with Gasteiger partial charge in [0.2, 0.25) is 5.91 Å². The summed E-state index contributed by atoms with van der Waals surface area (Å²) in [4.78, 5) is 14.0. The van der Waals surface area contributed by atoms with Crippen LogP contribution in [0.5, 0.6) is 0 Å². The van der Waals surface area contributed by atoms with Crippen molar-refractivity contribution in [2.24, 2.45) is 0 Å². The lowest BCUT2D eigenvalue weighted by molar-refractivity contribution is -0.118. The van der Waals surface area contributed by atoms with E-state index in [0.717, 1.165) is 29.0 Å². The van der Waals surface area contributed by atoms with Gasteiger partial charge in [0.15, 0.2) is 5.76 Å². The SMILES string of the molecule is CSc1ccccc1NC(=O)C1(c2cc(-c3ccccc3)on2)CC1. The highest BCUT2D eigenvalue weighted by atomic mass is 32.2. The van der Waals surface area contributed by atoms with Crippen LogP contribution in [0.15, 0.2) is 70.1 Å². The molecule has 1 N–H and O–H groups in total. The number of hydrogen-bond acceptors (Lipinski definition) is 4. The third-order valence-corrected chi connectivity index (χ3v) is 5.39. The van der Waals surface area contributed by atoms with Gasteiger partial charge >= 0.3 is 0 Å². The van der Waals surface area contributed by atoms with Crippen LogP contribution < -0.4 is 5.32 Å². The minimum atomic E-state index is -0.567. The Morgan fingerprint density at radius 3 is 2.56 bits per heavy atom. The van der Waals surface area contributed by atoms with Crippen LogP contribution in [0.3, 0.4) is 0 Å². The van der Waals surface area contributed by atoms with Crippen LogP contribution in [-0.2, 0) is 10.2 Å². The van der Waals surface area contributed by atoms with Gasteiger partial charge in [-0.1, -0.05) is 47.6 Å². The Bertz CT molecular complexity index is 901. The minimum Gasteiger partial charge on any atom is -0.356 e. The quantitative estimate of drug-likeness (QED) is 0.676. The molecule has 0 aliphatic heterocycles. The molecule has 1 aliphatic carbocycles. The van der Waals surface area contributed by atoms with Gasteiger partial charge in [0.05, 0.1) is 16.8 Å². The number of nitrogens with zero attached hydrogens (tertiary/aromatic N) is 1. The molecule has 4 rings (SSSR count). The number of hydrogen-bond donors (Lipinski definition) is 1. The van der Waals surface area contributed by atoms with E-state index in [0.29, 0.717) is 11.5 Å². The molecule has 1 aliphatic rings. The van der Waals surface area contributed by atoms with Gasteiger partial charge in [0.1, 0.15) is 0 Å². The second-order valence-electron chi connectivity index (χ2n) is 6.18. The molecule has 0 spiro atoms. The van der Waals surface area contributed by atoms with Crippen LogP contribution in [0.25, 0.3) is 11.3 Å². The summed E-state index contributed by atoms with van der Waals surface area (Å²) in [5.74, 6) is 0.682. The van der Waals surface area contributed by atoms with Crippen molar-refractivity contribution < 1.29 is 9.32 Å². The molecule has 25 heavy (non-hydrogen) atoms. The van der Waals surface area contributed by atoms with Gasteiger partial charge in [-0.2, -0.15) is 0 Å². The highest BCUT2D eigenvalue weighted by molar-refractivity contribution is 7.98. The molecule has 1 amide bonds. The van der Waals surface area contributed by atoms with Gasteiger partial charge in [0.25, 0.3) is 0 Å². The average molecular weight is 350 g/mol. The van der Waals surface area contributed by atoms with E-state index in [1.165, 1.54) is 0 Å². The van der Waals surface area contributed by atoms with Crippen molar-refractivity contribution >= 4 is 23.4 Å². The Hall–Kier alpha value is -2.53. The van der Waals surface area contributed by atoms with Gasteiger partial charge in [-0.15, -0.1) is 11.8 Å². The number of nitrogens with one attached hydrogen (secondary N) is 1. The summed E-state index contributed by atoms with van der Waals surface area (Å²) in [5, 5.41) is 7.26. The van der Waals surface area contributed by atoms with E-state index >= 15 is 0 Å². The molecule has 4 nitrogen and oxygen atoms in total. The van der Waals surface area contributed by atoms with E-state index in [4.69, 9.17) is 4.52 Å². The molecular weight excluding hydrogens is 332 g/mol. The molecule has 0 saturated heterocycles. The van der Waals surface area contributed by atoms with Crippen molar-refractivity contribution in [3.05, 3.63) is 66.4 Å². The first kappa shape index (κ1) is 16.0. The minimum absolute atomic E-state index is 0.0121. The summed E-state index contributed by atoms with van der Waals surface area (Å²) in [6, 6.07) is 19.5. The number of amides is 1. The molecule has 0 atom stereocenters. The molecule has 5 heteroatoms. The Labute approximate surface area is 150 Å². The maximum atomic E-state index is 12.9. The molecule has 1 aromatic heterocycles. The van der Waals surface area contributed by atoms with Gasteiger partial charge in [-0.25, -0.2) is 0 Å². The molecule has 1 heterocycles. The monoisotopic (exact) mass is 350 g/mol. The van der Waals surface area contributed by atoms with Crippen molar-refractivity contribution in [3.63, 3.8) is 0 Å². The smallest absolute Gasteiger partial charge is 0.236 e. The second kappa shape index (κ2) is 6.41. The van der Waals surface area contributed by atoms with Crippen LogP contribution in [0.1, 0.15) is 18.5 Å². The van der Waals surface area contributed by atoms with E-state index < -0.39 is 5.41 Å². The normalized spacial score (nSPS) is 14.9. The van der Waals surface area contributed by atoms with Crippen molar-refractivity contribution in [2.45, 2.75) is 23.2 Å². The maximum absolute atomic E-state index is 12.9. The number of thioether (sulfide) groups is 1. The topological polar surface area (TPSA) is 55.1 Å². The number of anilines is 1. The van der Waals surface area contributed by atoms with Crippen molar-refractivity contribution in [1.29, 1.82) is 0 Å². The predicted octanol–water partition coefficient (Wildman–Crippen LogP) is 4.73. The van der Waals surface area contributed by atoms with Crippen molar-refractivity contribution in [1.82, 2.24) is 5.16 Å². The van der Waals surface area contributed by atoms with Crippen LogP contribution in [-0.4, -0.2) is 17.3 Å². The molecule has 2 aromatic carbocycles. The molecule has 0 unspecified atom stereocenters. The Kier molecular flexibility index (Phi) is 4.09. The highest BCUT2D eigenvalue weighted by Gasteiger charge is 2.54. The zero-order valence-electron chi connectivity index (χ0n) is 13.9. The first-order valence-electron chi connectivity index (χ1n) is 8.20. The lowest BCUT2D eigenvalue weighted by Crippen LogP contribution is -2.28. The van der Waals surface area contributed by atoms with Gasteiger partial charge in [0, 0.05) is 16.5 Å². The maximum Gasteiger partial charge on any atom is 0.236 e. The third-order valence-electron chi connectivity index (χ3n) is 4.60. The van der Waals surface area contributed by atoms with Crippen molar-refractivity contribution in [2.75, 3.05) is 11.6 Å². The number of aromatic nitrogens is 1. The third kappa shape index (κ3) is 2.96. The van der Waals surface area contributed by atoms with E-state index in [1.807, 2.05) is 66.9 Å². The Morgan fingerprint density at radius 2 is 1.84 bits per heavy atom. The Balaban J connectivity index is 1.58. The molecule has 3 aromatic rings. The lowest BCUT2D eigenvalue weighted by Gasteiger charge is -2.14. The van der Waals surface area contributed by atoms with Crippen molar-refractivity contribution in [3.8, 4) is 11.3 Å². The lowest BCUT2D eigenvalue weighted by atomic mass is 10.00. The predicted molar refractivity (Wildman–Crippen MR) is 99.7 cm³/mol. The number of para-hydroxylation sites is 1. The first-order chi connectivity index (χ1) is 12.2. The molecule has 1 fully saturated rings. The fourth-order valence-electron chi connectivity index (χ4n) is 2.95. The van der Waals surface area contributed by atoms with Crippen LogP contribution in [0.4, 0.5) is 5.69 Å². The van der Waals surface area contributed by atoms with Crippen LogP contribution in [0.2, 0.25) is 0 Å². The summed E-state index contributed by atoms with van der Waals surface area (Å²) in [6.45, 7) is 0. The largest absolute Gasteiger partial charge is 0.356 e. The molecule has 126 valence electrons. The number of carbonyl (C=O) groups excluding carboxylic acids is 1. The highest BCUT2D eigenvalue weighted by Crippen LogP contribution is 2.49. The van der Waals surface area contributed by atoms with E-state index in [2.05, 4.69) is 10.5 Å². The zero-order valence-corrected chi connectivity index (χ0v) is 14.7. The fourth-order valence-corrected chi connectivity index (χ4v) is 3.51. The number of rotatable bonds is 5. The Morgan fingerprint density at radius 1 is 1.12 bits per heavy atom. The molecule has 0 bridgehead atoms. The average Bonchev–Trinajstić information content (AvgIpc) is 3.33. The van der Waals surface area contributed by atoms with Gasteiger partial charge < -0.3 is 9.84 Å². The zero-order chi connectivity index (χ0) is 17.3. The first-order valence-corrected chi connectivity index (χ1v) is 9.42. The summed E-state index contributed by atoms with van der Waals surface area (Å²) >= 11 is 1.62. The van der Waals surface area contributed by atoms with Gasteiger partial charge in [-0.05, 0) is 31.2 Å². The summed E-state index contributed by atoms with van der Waals surface area (Å²) in [7, 11) is 0. The summed E-state index contributed by atoms with van der Waals surface area (Å²) in [5.41, 5.74) is 1.95. The molecule has 0 radical (unpaired) electrons. The van der Waals surface area contributed by atoms with Crippen LogP contribution >= 0.6 is 11.8 Å². The summed E-state index contributed by atoms with van der Waals surface area (Å²) < 4.78 is 5.49. The fraction of sp³-hybridized carbons (Fsp3) is 0.200. The van der Waals surface area contributed by atoms with E-state index in [1.54, 1.807) is 11.8 Å². The molecule has 1 saturated carbocycles. The standard InChI is InChI=1S/C20H18N2O2S/c1-25-17-10-6-5-9-15(17)21-19(23)20(11-12-20)18-13-16(24-22-18)14-7-3-2-4-8-14/h2-10,13H,11-12H2,1H3,(H,21,23). The molecular formula is C20H18N2O2S. The van der Waals surface area contributed by atoms with Crippen LogP contribution in [0, 0.1) is 0 Å². The number of carbonyl (C=O) groups is 1.